The summed E-state index contributed by atoms with van der Waals surface area (Å²) in [4.78, 5) is 0. The minimum absolute atomic E-state index is 0.694. The van der Waals surface area contributed by atoms with Crippen LogP contribution in [0.15, 0.2) is 0 Å². The summed E-state index contributed by atoms with van der Waals surface area (Å²) in [7, 11) is 4.45. The first-order valence-electron chi connectivity index (χ1n) is 11.3. The van der Waals surface area contributed by atoms with Gasteiger partial charge in [0.15, 0.2) is 0 Å². The molecule has 0 amide bonds. The van der Waals surface area contributed by atoms with Crippen LogP contribution in [-0.4, -0.2) is 84.5 Å². The molecule has 0 aliphatic rings. The quantitative estimate of drug-likeness (QED) is 0.204. The first-order chi connectivity index (χ1) is 13.1. The van der Waals surface area contributed by atoms with Crippen molar-refractivity contribution in [2.75, 3.05) is 80.0 Å². The van der Waals surface area contributed by atoms with Gasteiger partial charge in [0.1, 0.15) is 13.1 Å². The Morgan fingerprint density at radius 1 is 0.444 bits per heavy atom. The number of likely N-dealkylation sites (N-methyl/N-ethyl adjacent to an activating group) is 1. The highest BCUT2D eigenvalue weighted by atomic mass is 16.5. The highest BCUT2D eigenvalue weighted by molar-refractivity contribution is 4.42. The highest BCUT2D eigenvalue weighted by Gasteiger charge is 2.14. The second-order valence-electron chi connectivity index (χ2n) is 7.95. The van der Waals surface area contributed by atoms with E-state index in [1.165, 1.54) is 51.4 Å². The number of nitrogens with zero attached hydrogens (tertiary/aromatic N) is 1. The molecule has 0 rings (SSSR count). The maximum Gasteiger partial charge on any atom is 0.102 e. The zero-order valence-corrected chi connectivity index (χ0v) is 18.8. The van der Waals surface area contributed by atoms with Gasteiger partial charge < -0.3 is 23.4 Å². The van der Waals surface area contributed by atoms with Gasteiger partial charge in [0.2, 0.25) is 0 Å². The van der Waals surface area contributed by atoms with Crippen molar-refractivity contribution in [3.05, 3.63) is 0 Å². The minimum Gasteiger partial charge on any atom is -0.379 e. The fraction of sp³-hybridized carbons (Fsp3) is 1.00. The second-order valence-corrected chi connectivity index (χ2v) is 7.95. The van der Waals surface area contributed by atoms with Crippen molar-refractivity contribution in [1.82, 2.24) is 0 Å². The molecule has 0 radical (unpaired) electrons. The van der Waals surface area contributed by atoms with Crippen molar-refractivity contribution in [3.8, 4) is 0 Å². The highest BCUT2D eigenvalue weighted by Crippen LogP contribution is 2.00. The average molecular weight is 391 g/mol. The molecule has 0 spiro atoms. The third-order valence-electron chi connectivity index (χ3n) is 4.71. The Bertz CT molecular complexity index is 261. The van der Waals surface area contributed by atoms with Crippen LogP contribution in [0.25, 0.3) is 0 Å². The van der Waals surface area contributed by atoms with E-state index in [0.717, 1.165) is 44.0 Å². The Balaban J connectivity index is 3.31. The first kappa shape index (κ1) is 26.8. The summed E-state index contributed by atoms with van der Waals surface area (Å²) >= 11 is 0. The summed E-state index contributed by atoms with van der Waals surface area (Å²) in [6.07, 6.45) is 10.0. The predicted octanol–water partition coefficient (Wildman–Crippen LogP) is 4.29. The van der Waals surface area contributed by atoms with Crippen LogP contribution in [0, 0.1) is 0 Å². The average Bonchev–Trinajstić information content (AvgIpc) is 2.64. The fourth-order valence-electron chi connectivity index (χ4n) is 2.64. The van der Waals surface area contributed by atoms with Gasteiger partial charge in [0, 0.05) is 13.2 Å². The van der Waals surface area contributed by atoms with E-state index < -0.39 is 0 Å². The molecular weight excluding hydrogens is 342 g/mol. The lowest BCUT2D eigenvalue weighted by molar-refractivity contribution is -0.891. The minimum atomic E-state index is 0.694. The van der Waals surface area contributed by atoms with E-state index in [9.17, 15) is 0 Å². The Morgan fingerprint density at radius 2 is 0.815 bits per heavy atom. The predicted molar refractivity (Wildman–Crippen MR) is 113 cm³/mol. The monoisotopic (exact) mass is 390 g/mol. The van der Waals surface area contributed by atoms with Gasteiger partial charge in [-0.25, -0.2) is 0 Å². The summed E-state index contributed by atoms with van der Waals surface area (Å²) in [5, 5.41) is 0. The van der Waals surface area contributed by atoms with Crippen molar-refractivity contribution in [1.29, 1.82) is 0 Å². The molecule has 164 valence electrons. The molecule has 0 aromatic carbocycles. The molecule has 0 saturated carbocycles. The molecule has 0 heterocycles. The van der Waals surface area contributed by atoms with Crippen LogP contribution in [0.2, 0.25) is 0 Å². The normalized spacial score (nSPS) is 12.0. The van der Waals surface area contributed by atoms with Gasteiger partial charge in [-0.2, -0.15) is 0 Å². The summed E-state index contributed by atoms with van der Waals surface area (Å²) < 4.78 is 23.5. The van der Waals surface area contributed by atoms with E-state index in [1.54, 1.807) is 0 Å². The third kappa shape index (κ3) is 22.0. The number of hydrogen-bond acceptors (Lipinski definition) is 4. The lowest BCUT2D eigenvalue weighted by Crippen LogP contribution is -2.44. The van der Waals surface area contributed by atoms with Gasteiger partial charge in [0.05, 0.1) is 53.7 Å². The molecule has 0 aromatic rings. The van der Waals surface area contributed by atoms with Gasteiger partial charge in [0.25, 0.3) is 0 Å². The van der Waals surface area contributed by atoms with Crippen molar-refractivity contribution < 1.29 is 23.4 Å². The summed E-state index contributed by atoms with van der Waals surface area (Å²) in [5.41, 5.74) is 0. The Kier molecular flexibility index (Phi) is 20.4. The van der Waals surface area contributed by atoms with Gasteiger partial charge in [-0.3, -0.25) is 0 Å². The molecule has 0 fully saturated rings. The standard InChI is InChI=1S/C22H48NO4/c1-5-7-9-11-15-24-19-21-26-17-13-23(3,4)14-18-27-22-20-25-16-12-10-8-6-2/h5-22H2,1-4H3/q+1. The molecule has 0 bridgehead atoms. The maximum atomic E-state index is 5.70. The van der Waals surface area contributed by atoms with Gasteiger partial charge in [-0.1, -0.05) is 52.4 Å². The van der Waals surface area contributed by atoms with Crippen molar-refractivity contribution in [2.45, 2.75) is 65.2 Å². The van der Waals surface area contributed by atoms with Crippen LogP contribution in [0.5, 0.6) is 0 Å². The van der Waals surface area contributed by atoms with Crippen LogP contribution < -0.4 is 0 Å². The Hall–Kier alpha value is -0.200. The van der Waals surface area contributed by atoms with E-state index in [0.29, 0.717) is 26.4 Å². The van der Waals surface area contributed by atoms with Crippen LogP contribution >= 0.6 is 0 Å². The molecule has 0 N–H and O–H groups in total. The van der Waals surface area contributed by atoms with Gasteiger partial charge in [-0.05, 0) is 12.8 Å². The Labute approximate surface area is 169 Å². The van der Waals surface area contributed by atoms with Crippen LogP contribution in [0.4, 0.5) is 0 Å². The van der Waals surface area contributed by atoms with Crippen LogP contribution in [-0.2, 0) is 18.9 Å². The lowest BCUT2D eigenvalue weighted by atomic mass is 10.2. The van der Waals surface area contributed by atoms with Gasteiger partial charge in [-0.15, -0.1) is 0 Å². The molecule has 0 atom stereocenters. The lowest BCUT2D eigenvalue weighted by Gasteiger charge is -2.29. The zero-order valence-electron chi connectivity index (χ0n) is 18.8. The molecular formula is C22H48NO4+. The molecule has 0 aliphatic carbocycles. The number of hydrogen-bond donors (Lipinski definition) is 0. The number of ether oxygens (including phenoxy) is 4. The van der Waals surface area contributed by atoms with Crippen LogP contribution in [0.1, 0.15) is 65.2 Å². The van der Waals surface area contributed by atoms with E-state index in [1.807, 2.05) is 0 Å². The Morgan fingerprint density at radius 3 is 1.19 bits per heavy atom. The zero-order chi connectivity index (χ0) is 20.1. The maximum absolute atomic E-state index is 5.70. The van der Waals surface area contributed by atoms with E-state index in [2.05, 4.69) is 27.9 Å². The van der Waals surface area contributed by atoms with E-state index in [4.69, 9.17) is 18.9 Å². The summed E-state index contributed by atoms with van der Waals surface area (Å²) in [5.74, 6) is 0. The summed E-state index contributed by atoms with van der Waals surface area (Å²) in [6.45, 7) is 12.5. The van der Waals surface area contributed by atoms with E-state index >= 15 is 0 Å². The first-order valence-corrected chi connectivity index (χ1v) is 11.3. The molecule has 0 aromatic heterocycles. The van der Waals surface area contributed by atoms with Crippen LogP contribution in [0.3, 0.4) is 0 Å². The molecule has 0 aliphatic heterocycles. The van der Waals surface area contributed by atoms with E-state index in [-0.39, 0.29) is 0 Å². The molecule has 5 heteroatoms. The van der Waals surface area contributed by atoms with Crippen molar-refractivity contribution in [3.63, 3.8) is 0 Å². The largest absolute Gasteiger partial charge is 0.379 e. The fourth-order valence-corrected chi connectivity index (χ4v) is 2.64. The molecule has 0 saturated heterocycles. The SMILES string of the molecule is CCCCCCOCCOCC[N+](C)(C)CCOCCOCCCCCC. The third-order valence-corrected chi connectivity index (χ3v) is 4.71. The topological polar surface area (TPSA) is 36.9 Å². The molecule has 5 nitrogen and oxygen atoms in total. The molecule has 0 unspecified atom stereocenters. The van der Waals surface area contributed by atoms with Gasteiger partial charge >= 0.3 is 0 Å². The smallest absolute Gasteiger partial charge is 0.102 e. The number of unbranched alkanes of at least 4 members (excludes halogenated alkanes) is 6. The second kappa shape index (κ2) is 20.5. The van der Waals surface area contributed by atoms with Crippen molar-refractivity contribution >= 4 is 0 Å². The summed E-state index contributed by atoms with van der Waals surface area (Å²) in [6, 6.07) is 0. The molecule has 27 heavy (non-hydrogen) atoms. The number of rotatable bonds is 22. The van der Waals surface area contributed by atoms with Crippen molar-refractivity contribution in [2.24, 2.45) is 0 Å². The number of quaternary nitrogens is 1.